The fraction of sp³-hybridized carbons (Fsp3) is 0.250. The van der Waals surface area contributed by atoms with Crippen LogP contribution in [0.5, 0.6) is 0 Å². The van der Waals surface area contributed by atoms with Gasteiger partial charge in [0.05, 0.1) is 11.1 Å². The fourth-order valence-corrected chi connectivity index (χ4v) is 2.94. The number of carbonyl (C=O) groups excluding carboxylic acids is 2. The molecule has 0 saturated carbocycles. The van der Waals surface area contributed by atoms with E-state index >= 15 is 0 Å². The molecular formula is C20H17F3N2O4. The van der Waals surface area contributed by atoms with Crippen molar-refractivity contribution in [3.05, 3.63) is 70.2 Å². The summed E-state index contributed by atoms with van der Waals surface area (Å²) in [4.78, 5) is 24.5. The Labute approximate surface area is 163 Å². The summed E-state index contributed by atoms with van der Waals surface area (Å²) < 4.78 is 49.5. The van der Waals surface area contributed by atoms with Crippen molar-refractivity contribution in [3.63, 3.8) is 0 Å². The van der Waals surface area contributed by atoms with E-state index in [0.29, 0.717) is 22.8 Å². The Morgan fingerprint density at radius 1 is 1.10 bits per heavy atom. The summed E-state index contributed by atoms with van der Waals surface area (Å²) in [5.74, 6) is -0.179. The Balaban J connectivity index is 1.70. The van der Waals surface area contributed by atoms with Crippen molar-refractivity contribution in [2.24, 2.45) is 0 Å². The van der Waals surface area contributed by atoms with E-state index in [1.165, 1.54) is 0 Å². The number of Topliss-reactive ketones (excluding diaryl/α,β-unsaturated/α-hetero) is 1. The molecule has 0 unspecified atom stereocenters. The molecule has 6 nitrogen and oxygen atoms in total. The minimum atomic E-state index is -4.50. The number of ketones is 1. The summed E-state index contributed by atoms with van der Waals surface area (Å²) in [5, 5.41) is 3.93. The van der Waals surface area contributed by atoms with Gasteiger partial charge in [0, 0.05) is 23.0 Å². The standard InChI is InChI=1S/C20H17F3N2O4/c1-11-8-16(13(3)25(11)18-9-12(2)29-24-18)17(26)10-28-19(27)14-4-6-15(7-5-14)20(21,22)23/h4-9H,10H2,1-3H3. The van der Waals surface area contributed by atoms with Gasteiger partial charge in [-0.15, -0.1) is 0 Å². The molecule has 0 aliphatic carbocycles. The molecule has 1 aromatic carbocycles. The highest BCUT2D eigenvalue weighted by Gasteiger charge is 2.30. The summed E-state index contributed by atoms with van der Waals surface area (Å²) >= 11 is 0. The number of halogens is 3. The zero-order chi connectivity index (χ0) is 21.3. The summed E-state index contributed by atoms with van der Waals surface area (Å²) in [6.45, 7) is 4.73. The highest BCUT2D eigenvalue weighted by Crippen LogP contribution is 2.29. The van der Waals surface area contributed by atoms with Gasteiger partial charge in [0.25, 0.3) is 0 Å². The molecule has 0 saturated heterocycles. The van der Waals surface area contributed by atoms with Crippen molar-refractivity contribution >= 4 is 11.8 Å². The number of alkyl halides is 3. The number of esters is 1. The van der Waals surface area contributed by atoms with Gasteiger partial charge in [0.2, 0.25) is 5.78 Å². The van der Waals surface area contributed by atoms with E-state index in [1.54, 1.807) is 37.5 Å². The molecule has 0 fully saturated rings. The normalized spacial score (nSPS) is 11.5. The first-order valence-corrected chi connectivity index (χ1v) is 8.58. The average molecular weight is 406 g/mol. The van der Waals surface area contributed by atoms with E-state index in [1.807, 2.05) is 0 Å². The molecule has 0 N–H and O–H groups in total. The van der Waals surface area contributed by atoms with Crippen LogP contribution in [0.2, 0.25) is 0 Å². The second-order valence-corrected chi connectivity index (χ2v) is 6.49. The molecule has 0 radical (unpaired) electrons. The molecule has 0 aliphatic heterocycles. The van der Waals surface area contributed by atoms with Crippen LogP contribution in [0.15, 0.2) is 40.9 Å². The van der Waals surface area contributed by atoms with Gasteiger partial charge in [-0.3, -0.25) is 9.36 Å². The Kier molecular flexibility index (Phi) is 5.32. The van der Waals surface area contributed by atoms with E-state index in [4.69, 9.17) is 9.26 Å². The van der Waals surface area contributed by atoms with Crippen molar-refractivity contribution in [1.29, 1.82) is 0 Å². The number of benzene rings is 1. The summed E-state index contributed by atoms with van der Waals surface area (Å²) in [6, 6.07) is 6.95. The third-order valence-corrected chi connectivity index (χ3v) is 4.36. The van der Waals surface area contributed by atoms with Crippen LogP contribution in [0.25, 0.3) is 5.82 Å². The van der Waals surface area contributed by atoms with E-state index in [0.717, 1.165) is 30.0 Å². The Hall–Kier alpha value is -3.36. The highest BCUT2D eigenvalue weighted by molar-refractivity contribution is 6.00. The van der Waals surface area contributed by atoms with E-state index in [9.17, 15) is 22.8 Å². The zero-order valence-corrected chi connectivity index (χ0v) is 15.8. The lowest BCUT2D eigenvalue weighted by molar-refractivity contribution is -0.137. The number of aromatic nitrogens is 2. The Bertz CT molecular complexity index is 1060. The van der Waals surface area contributed by atoms with Crippen molar-refractivity contribution in [2.45, 2.75) is 26.9 Å². The first kappa shape index (κ1) is 20.4. The van der Waals surface area contributed by atoms with E-state index < -0.39 is 30.1 Å². The largest absolute Gasteiger partial charge is 0.454 e. The van der Waals surface area contributed by atoms with Crippen LogP contribution in [0.3, 0.4) is 0 Å². The van der Waals surface area contributed by atoms with E-state index in [2.05, 4.69) is 5.16 Å². The fourth-order valence-electron chi connectivity index (χ4n) is 2.94. The van der Waals surface area contributed by atoms with Gasteiger partial charge in [-0.2, -0.15) is 13.2 Å². The van der Waals surface area contributed by atoms with Crippen LogP contribution < -0.4 is 0 Å². The van der Waals surface area contributed by atoms with Crippen molar-refractivity contribution in [3.8, 4) is 5.82 Å². The smallest absolute Gasteiger partial charge is 0.416 e. The minimum absolute atomic E-state index is 0.0747. The summed E-state index contributed by atoms with van der Waals surface area (Å²) in [7, 11) is 0. The van der Waals surface area contributed by atoms with Gasteiger partial charge in [0.1, 0.15) is 5.76 Å². The van der Waals surface area contributed by atoms with Gasteiger partial charge in [-0.25, -0.2) is 4.79 Å². The van der Waals surface area contributed by atoms with Crippen LogP contribution >= 0.6 is 0 Å². The Morgan fingerprint density at radius 2 is 1.76 bits per heavy atom. The zero-order valence-electron chi connectivity index (χ0n) is 15.8. The molecule has 3 rings (SSSR count). The van der Waals surface area contributed by atoms with Crippen molar-refractivity contribution in [1.82, 2.24) is 9.72 Å². The molecule has 0 aliphatic rings. The van der Waals surface area contributed by atoms with Crippen LogP contribution in [-0.2, 0) is 10.9 Å². The van der Waals surface area contributed by atoms with E-state index in [-0.39, 0.29) is 5.56 Å². The number of rotatable bonds is 5. The predicted molar refractivity (Wildman–Crippen MR) is 96.1 cm³/mol. The monoisotopic (exact) mass is 406 g/mol. The SMILES string of the molecule is Cc1cc(-n2c(C)cc(C(=O)COC(=O)c3ccc(C(F)(F)F)cc3)c2C)no1. The second-order valence-electron chi connectivity index (χ2n) is 6.49. The molecular weight excluding hydrogens is 389 g/mol. The predicted octanol–water partition coefficient (Wildman–Crippen LogP) is 4.45. The molecule has 152 valence electrons. The maximum absolute atomic E-state index is 12.6. The van der Waals surface area contributed by atoms with Crippen LogP contribution in [0.4, 0.5) is 13.2 Å². The lowest BCUT2D eigenvalue weighted by Gasteiger charge is -2.08. The molecule has 0 atom stereocenters. The van der Waals surface area contributed by atoms with Crippen LogP contribution in [0, 0.1) is 20.8 Å². The molecule has 3 aromatic rings. The van der Waals surface area contributed by atoms with Crippen LogP contribution in [0.1, 0.15) is 43.4 Å². The topological polar surface area (TPSA) is 74.3 Å². The molecule has 9 heteroatoms. The second kappa shape index (κ2) is 7.57. The third kappa shape index (κ3) is 4.23. The molecule has 2 heterocycles. The van der Waals surface area contributed by atoms with Gasteiger partial charge in [-0.1, -0.05) is 5.16 Å². The molecule has 0 spiro atoms. The molecule has 2 aromatic heterocycles. The molecule has 29 heavy (non-hydrogen) atoms. The number of nitrogens with zero attached hydrogens (tertiary/aromatic N) is 2. The highest BCUT2D eigenvalue weighted by atomic mass is 19.4. The third-order valence-electron chi connectivity index (χ3n) is 4.36. The maximum Gasteiger partial charge on any atom is 0.416 e. The number of ether oxygens (including phenoxy) is 1. The number of hydrogen-bond acceptors (Lipinski definition) is 5. The average Bonchev–Trinajstić information content (AvgIpc) is 3.21. The first-order valence-electron chi connectivity index (χ1n) is 8.58. The number of hydrogen-bond donors (Lipinski definition) is 0. The quantitative estimate of drug-likeness (QED) is 0.462. The van der Waals surface area contributed by atoms with Gasteiger partial charge >= 0.3 is 12.1 Å². The Morgan fingerprint density at radius 3 is 2.31 bits per heavy atom. The minimum Gasteiger partial charge on any atom is -0.454 e. The molecule has 0 amide bonds. The number of carbonyl (C=O) groups is 2. The van der Waals surface area contributed by atoms with Gasteiger partial charge < -0.3 is 9.26 Å². The molecule has 0 bridgehead atoms. The number of aryl methyl sites for hydroxylation is 2. The van der Waals surface area contributed by atoms with Gasteiger partial charge in [-0.05, 0) is 51.1 Å². The van der Waals surface area contributed by atoms with Gasteiger partial charge in [0.15, 0.2) is 12.4 Å². The maximum atomic E-state index is 12.6. The van der Waals surface area contributed by atoms with Crippen LogP contribution in [-0.4, -0.2) is 28.1 Å². The lowest BCUT2D eigenvalue weighted by atomic mass is 10.1. The lowest BCUT2D eigenvalue weighted by Crippen LogP contribution is -2.15. The van der Waals surface area contributed by atoms with Crippen molar-refractivity contribution < 1.29 is 32.0 Å². The van der Waals surface area contributed by atoms with Crippen molar-refractivity contribution in [2.75, 3.05) is 6.61 Å². The summed E-state index contributed by atoms with van der Waals surface area (Å²) in [5.41, 5.74) is 0.748. The summed E-state index contributed by atoms with van der Waals surface area (Å²) in [6.07, 6.45) is -4.50. The first-order chi connectivity index (χ1) is 13.6.